The third-order valence-corrected chi connectivity index (χ3v) is 6.02. The summed E-state index contributed by atoms with van der Waals surface area (Å²) in [6.45, 7) is 9.13. The van der Waals surface area contributed by atoms with Crippen LogP contribution in [0.3, 0.4) is 0 Å². The van der Waals surface area contributed by atoms with Crippen LogP contribution in [-0.4, -0.2) is 45.1 Å². The van der Waals surface area contributed by atoms with Crippen LogP contribution >= 0.6 is 11.6 Å². The number of carbonyl (C=O) groups is 1. The lowest BCUT2D eigenvalue weighted by Crippen LogP contribution is -2.27. The van der Waals surface area contributed by atoms with Crippen molar-refractivity contribution in [3.63, 3.8) is 0 Å². The number of fused-ring (bicyclic) bond motifs is 1. The number of imidazole rings is 1. The van der Waals surface area contributed by atoms with Gasteiger partial charge in [-0.25, -0.2) is 9.37 Å². The van der Waals surface area contributed by atoms with E-state index in [0.717, 1.165) is 30.7 Å². The number of para-hydroxylation sites is 2. The quantitative estimate of drug-likeness (QED) is 0.374. The second-order valence-electron chi connectivity index (χ2n) is 7.62. The van der Waals surface area contributed by atoms with E-state index in [2.05, 4.69) is 34.2 Å². The highest BCUT2D eigenvalue weighted by atomic mass is 35.5. The lowest BCUT2D eigenvalue weighted by Gasteiger charge is -2.19. The highest BCUT2D eigenvalue weighted by molar-refractivity contribution is 6.33. The summed E-state index contributed by atoms with van der Waals surface area (Å²) in [6.07, 6.45) is 0. The molecule has 33 heavy (non-hydrogen) atoms. The van der Waals surface area contributed by atoms with E-state index in [0.29, 0.717) is 12.5 Å². The molecule has 4 aromatic rings. The van der Waals surface area contributed by atoms with Gasteiger partial charge in [-0.3, -0.25) is 10.1 Å². The van der Waals surface area contributed by atoms with Crippen LogP contribution in [0.15, 0.2) is 47.0 Å². The second-order valence-corrected chi connectivity index (χ2v) is 8.02. The number of aromatic nitrogens is 3. The molecule has 1 N–H and O–H groups in total. The maximum atomic E-state index is 14.5. The Morgan fingerprint density at radius 3 is 2.67 bits per heavy atom. The number of nitrogens with one attached hydrogen (secondary N) is 1. The van der Waals surface area contributed by atoms with Gasteiger partial charge in [0.05, 0.1) is 21.6 Å². The molecule has 0 radical (unpaired) electrons. The Bertz CT molecular complexity index is 1280. The fourth-order valence-corrected chi connectivity index (χ4v) is 4.13. The average molecular weight is 470 g/mol. The largest absolute Gasteiger partial charge is 0.360 e. The van der Waals surface area contributed by atoms with Gasteiger partial charge in [-0.2, -0.15) is 0 Å². The van der Waals surface area contributed by atoms with Crippen LogP contribution in [0.25, 0.3) is 22.3 Å². The number of anilines is 1. The van der Waals surface area contributed by atoms with Crippen LogP contribution in [-0.2, 0) is 6.54 Å². The smallest absolute Gasteiger partial charge is 0.263 e. The first-order valence-electron chi connectivity index (χ1n) is 10.8. The number of halogens is 2. The fraction of sp³-hybridized carbons (Fsp3) is 0.292. The minimum atomic E-state index is -0.587. The van der Waals surface area contributed by atoms with Crippen molar-refractivity contribution in [3.05, 3.63) is 64.6 Å². The Labute approximate surface area is 196 Å². The van der Waals surface area contributed by atoms with Crippen molar-refractivity contribution in [1.82, 2.24) is 19.6 Å². The van der Waals surface area contributed by atoms with E-state index < -0.39 is 11.7 Å². The molecule has 0 bridgehead atoms. The van der Waals surface area contributed by atoms with Crippen LogP contribution < -0.4 is 5.32 Å². The predicted molar refractivity (Wildman–Crippen MR) is 127 cm³/mol. The minimum absolute atomic E-state index is 0.0243. The minimum Gasteiger partial charge on any atom is -0.360 e. The normalized spacial score (nSPS) is 11.5. The van der Waals surface area contributed by atoms with Crippen molar-refractivity contribution in [2.75, 3.05) is 25.0 Å². The van der Waals surface area contributed by atoms with Gasteiger partial charge in [-0.1, -0.05) is 48.8 Å². The average Bonchev–Trinajstić information content (AvgIpc) is 3.34. The molecule has 9 heteroatoms. The molecule has 2 aromatic carbocycles. The first-order valence-corrected chi connectivity index (χ1v) is 11.2. The number of rotatable bonds is 8. The van der Waals surface area contributed by atoms with Crippen molar-refractivity contribution >= 4 is 34.5 Å². The van der Waals surface area contributed by atoms with E-state index in [1.54, 1.807) is 6.92 Å². The molecular weight excluding hydrogens is 445 g/mol. The number of aryl methyl sites for hydroxylation is 1. The Kier molecular flexibility index (Phi) is 6.76. The highest BCUT2D eigenvalue weighted by Crippen LogP contribution is 2.34. The second kappa shape index (κ2) is 9.72. The summed E-state index contributed by atoms with van der Waals surface area (Å²) in [5, 5.41) is 6.95. The van der Waals surface area contributed by atoms with Gasteiger partial charge in [0.15, 0.2) is 0 Å². The molecule has 0 aliphatic rings. The Hall–Kier alpha value is -3.23. The van der Waals surface area contributed by atoms with Crippen LogP contribution in [0, 0.1) is 12.7 Å². The van der Waals surface area contributed by atoms with Crippen molar-refractivity contribution in [3.8, 4) is 11.3 Å². The molecule has 0 aliphatic heterocycles. The third-order valence-electron chi connectivity index (χ3n) is 5.70. The van der Waals surface area contributed by atoms with Gasteiger partial charge in [-0.15, -0.1) is 0 Å². The Morgan fingerprint density at radius 1 is 1.18 bits per heavy atom. The molecule has 4 rings (SSSR count). The van der Waals surface area contributed by atoms with E-state index in [1.165, 1.54) is 18.2 Å². The molecular formula is C24H25ClFN5O2. The summed E-state index contributed by atoms with van der Waals surface area (Å²) in [5.74, 6) is -0.425. The lowest BCUT2D eigenvalue weighted by atomic mass is 10.0. The summed E-state index contributed by atoms with van der Waals surface area (Å²) >= 11 is 6.21. The van der Waals surface area contributed by atoms with Crippen molar-refractivity contribution in [1.29, 1.82) is 0 Å². The predicted octanol–water partition coefficient (Wildman–Crippen LogP) is 5.39. The molecule has 7 nitrogen and oxygen atoms in total. The van der Waals surface area contributed by atoms with Gasteiger partial charge in [0, 0.05) is 13.1 Å². The van der Waals surface area contributed by atoms with Crippen LogP contribution in [0.2, 0.25) is 5.02 Å². The lowest BCUT2D eigenvalue weighted by molar-refractivity contribution is 0.102. The van der Waals surface area contributed by atoms with E-state index >= 15 is 0 Å². The molecule has 0 atom stereocenters. The van der Waals surface area contributed by atoms with Gasteiger partial charge in [0.25, 0.3) is 5.91 Å². The van der Waals surface area contributed by atoms with Crippen molar-refractivity contribution in [2.24, 2.45) is 0 Å². The summed E-state index contributed by atoms with van der Waals surface area (Å²) in [7, 11) is 0. The zero-order chi connectivity index (χ0) is 23.5. The topological polar surface area (TPSA) is 76.2 Å². The molecule has 0 unspecified atom stereocenters. The summed E-state index contributed by atoms with van der Waals surface area (Å²) < 4.78 is 21.8. The molecule has 2 aromatic heterocycles. The first kappa shape index (κ1) is 22.9. The Morgan fingerprint density at radius 2 is 1.94 bits per heavy atom. The summed E-state index contributed by atoms with van der Waals surface area (Å²) in [4.78, 5) is 20.3. The molecule has 0 fully saturated rings. The number of benzene rings is 2. The zero-order valence-electron chi connectivity index (χ0n) is 18.7. The van der Waals surface area contributed by atoms with E-state index in [9.17, 15) is 9.18 Å². The van der Waals surface area contributed by atoms with Crippen LogP contribution in [0.5, 0.6) is 0 Å². The van der Waals surface area contributed by atoms with Crippen LogP contribution in [0.1, 0.15) is 30.0 Å². The van der Waals surface area contributed by atoms with E-state index in [1.807, 2.05) is 28.8 Å². The van der Waals surface area contributed by atoms with Gasteiger partial charge in [0.2, 0.25) is 5.95 Å². The maximum Gasteiger partial charge on any atom is 0.263 e. The standard InChI is InChI=1S/C24H25ClFN5O2/c1-4-30(5-2)13-14-31-19-12-7-6-11-18(19)27-24(31)28-23(32)20-15(3)33-29-22(20)21-16(25)9-8-10-17(21)26/h6-12H,4-5,13-14H2,1-3H3,(H,27,28,32). The maximum absolute atomic E-state index is 14.5. The zero-order valence-corrected chi connectivity index (χ0v) is 19.5. The molecule has 0 spiro atoms. The molecule has 172 valence electrons. The SMILES string of the molecule is CCN(CC)CCn1c(NC(=O)c2c(-c3c(F)cccc3Cl)noc2C)nc2ccccc21. The van der Waals surface area contributed by atoms with Crippen molar-refractivity contribution in [2.45, 2.75) is 27.3 Å². The summed E-state index contributed by atoms with van der Waals surface area (Å²) in [5.41, 5.74) is 1.88. The number of likely N-dealkylation sites (N-methyl/N-ethyl adjacent to an activating group) is 1. The van der Waals surface area contributed by atoms with Gasteiger partial charge < -0.3 is 14.0 Å². The number of carbonyl (C=O) groups excluding carboxylic acids is 1. The number of hydrogen-bond acceptors (Lipinski definition) is 5. The van der Waals surface area contributed by atoms with Gasteiger partial charge >= 0.3 is 0 Å². The van der Waals surface area contributed by atoms with E-state index in [4.69, 9.17) is 16.1 Å². The molecule has 0 saturated carbocycles. The third kappa shape index (κ3) is 4.49. The molecule has 0 saturated heterocycles. The fourth-order valence-electron chi connectivity index (χ4n) is 3.88. The first-order chi connectivity index (χ1) is 15.9. The summed E-state index contributed by atoms with van der Waals surface area (Å²) in [6, 6.07) is 12.0. The van der Waals surface area contributed by atoms with Crippen LogP contribution in [0.4, 0.5) is 10.3 Å². The molecule has 2 heterocycles. The monoisotopic (exact) mass is 469 g/mol. The molecule has 0 aliphatic carbocycles. The molecule has 1 amide bonds. The highest BCUT2D eigenvalue weighted by Gasteiger charge is 2.26. The van der Waals surface area contributed by atoms with Gasteiger partial charge in [-0.05, 0) is 44.3 Å². The number of amides is 1. The number of nitrogens with zero attached hydrogens (tertiary/aromatic N) is 4. The van der Waals surface area contributed by atoms with E-state index in [-0.39, 0.29) is 27.6 Å². The Balaban J connectivity index is 1.71. The van der Waals surface area contributed by atoms with Gasteiger partial charge in [0.1, 0.15) is 22.8 Å². The van der Waals surface area contributed by atoms with Crippen molar-refractivity contribution < 1.29 is 13.7 Å². The number of hydrogen-bond donors (Lipinski definition) is 1.